The van der Waals surface area contributed by atoms with Crippen molar-refractivity contribution in [3.05, 3.63) is 146 Å². The molecule has 0 radical (unpaired) electrons. The molecule has 8 amide bonds. The molecular weight excluding hydrogens is 821 g/mol. The van der Waals surface area contributed by atoms with E-state index >= 15 is 0 Å². The molecule has 0 saturated carbocycles. The van der Waals surface area contributed by atoms with Crippen molar-refractivity contribution in [2.24, 2.45) is 11.3 Å². The SMILES string of the molecule is CC1=C(N2C(=O)c3ccc4c5c(ccc(c35)C2=O)C(=O)N(N2C(=O)c3ccc5c6c(ccc(c36)C2=O)C(=O)N(c2cc(C(C)(C)C)ccc2C(C)(C)C)C5=O)C4=O)CC(C(C)(C)C)C=C1. The third-order valence-electron chi connectivity index (χ3n) is 13.7. The van der Waals surface area contributed by atoms with E-state index < -0.39 is 52.7 Å². The van der Waals surface area contributed by atoms with E-state index in [9.17, 15) is 38.4 Å². The van der Waals surface area contributed by atoms with Crippen LogP contribution in [-0.2, 0) is 10.8 Å². The number of anilines is 1. The molecule has 1 aliphatic carbocycles. The minimum atomic E-state index is -1.02. The number of amides is 8. The smallest absolute Gasteiger partial charge is 0.268 e. The minimum absolute atomic E-state index is 0.0545. The Labute approximate surface area is 375 Å². The van der Waals surface area contributed by atoms with Crippen molar-refractivity contribution in [1.29, 1.82) is 0 Å². The van der Waals surface area contributed by atoms with Crippen LogP contribution in [0, 0.1) is 11.3 Å². The van der Waals surface area contributed by atoms with Gasteiger partial charge in [-0.25, -0.2) is 9.80 Å². The van der Waals surface area contributed by atoms with Crippen LogP contribution in [0.4, 0.5) is 5.69 Å². The highest BCUT2D eigenvalue weighted by Crippen LogP contribution is 2.46. The van der Waals surface area contributed by atoms with Crippen LogP contribution in [0.5, 0.6) is 0 Å². The van der Waals surface area contributed by atoms with Crippen LogP contribution in [-0.4, -0.2) is 62.2 Å². The fourth-order valence-corrected chi connectivity index (χ4v) is 10.0. The summed E-state index contributed by atoms with van der Waals surface area (Å²) in [7, 11) is 0. The molecule has 5 aromatic carbocycles. The molecule has 0 spiro atoms. The predicted octanol–water partition coefficient (Wildman–Crippen LogP) is 9.69. The number of rotatable bonds is 3. The Kier molecular flexibility index (Phi) is 8.56. The Morgan fingerprint density at radius 1 is 0.446 bits per heavy atom. The Bertz CT molecular complexity index is 3130. The van der Waals surface area contributed by atoms with E-state index in [1.54, 1.807) is 0 Å². The van der Waals surface area contributed by atoms with E-state index in [-0.39, 0.29) is 82.8 Å². The Morgan fingerprint density at radius 2 is 0.800 bits per heavy atom. The number of hydrogen-bond donors (Lipinski definition) is 0. The molecule has 5 aromatic rings. The zero-order valence-electron chi connectivity index (χ0n) is 37.8. The van der Waals surface area contributed by atoms with Gasteiger partial charge in [-0.3, -0.25) is 38.4 Å². The van der Waals surface area contributed by atoms with Gasteiger partial charge in [0, 0.05) is 49.5 Å². The summed E-state index contributed by atoms with van der Waals surface area (Å²) in [6, 6.07) is 17.1. The molecule has 12 heteroatoms. The van der Waals surface area contributed by atoms with Gasteiger partial charge in [-0.05, 0) is 107 Å². The maximum absolute atomic E-state index is 14.6. The normalized spacial score (nSPS) is 18.7. The lowest BCUT2D eigenvalue weighted by atomic mass is 9.75. The van der Waals surface area contributed by atoms with Gasteiger partial charge >= 0.3 is 0 Å². The van der Waals surface area contributed by atoms with Gasteiger partial charge in [0.15, 0.2) is 0 Å². The van der Waals surface area contributed by atoms with Gasteiger partial charge in [0.2, 0.25) is 0 Å². The lowest BCUT2D eigenvalue weighted by Crippen LogP contribution is -2.58. The van der Waals surface area contributed by atoms with Crippen molar-refractivity contribution in [2.75, 3.05) is 4.90 Å². The van der Waals surface area contributed by atoms with Crippen molar-refractivity contribution in [1.82, 2.24) is 14.9 Å². The summed E-state index contributed by atoms with van der Waals surface area (Å²) in [6.45, 7) is 20.3. The maximum atomic E-state index is 14.6. The van der Waals surface area contributed by atoms with Gasteiger partial charge in [0.05, 0.1) is 27.9 Å². The van der Waals surface area contributed by atoms with Crippen molar-refractivity contribution in [3.63, 3.8) is 0 Å². The fourth-order valence-electron chi connectivity index (χ4n) is 10.0. The van der Waals surface area contributed by atoms with Gasteiger partial charge in [-0.15, -0.1) is 0 Å². The number of allylic oxidation sites excluding steroid dienone is 4. The summed E-state index contributed by atoms with van der Waals surface area (Å²) in [5, 5.41) is 1.41. The number of carbonyl (C=O) groups is 8. The highest BCUT2D eigenvalue weighted by molar-refractivity contribution is 6.40. The van der Waals surface area contributed by atoms with E-state index in [1.807, 2.05) is 72.7 Å². The molecule has 65 heavy (non-hydrogen) atoms. The molecule has 12 nitrogen and oxygen atoms in total. The molecule has 4 heterocycles. The second-order valence-corrected chi connectivity index (χ2v) is 20.8. The van der Waals surface area contributed by atoms with E-state index in [0.29, 0.717) is 27.8 Å². The Balaban J connectivity index is 1.03. The van der Waals surface area contributed by atoms with Gasteiger partial charge < -0.3 is 0 Å². The van der Waals surface area contributed by atoms with Crippen molar-refractivity contribution in [2.45, 2.75) is 86.5 Å². The fraction of sp³-hybridized carbons (Fsp3) is 0.283. The van der Waals surface area contributed by atoms with Crippen molar-refractivity contribution < 1.29 is 38.4 Å². The molecule has 10 rings (SSSR count). The van der Waals surface area contributed by atoms with E-state index in [4.69, 9.17) is 0 Å². The van der Waals surface area contributed by atoms with Crippen LogP contribution in [0.2, 0.25) is 0 Å². The van der Waals surface area contributed by atoms with E-state index in [1.165, 1.54) is 58.3 Å². The first-order chi connectivity index (χ1) is 30.4. The Morgan fingerprint density at radius 3 is 1.14 bits per heavy atom. The standard InChI is InChI=1S/C53H46N4O8/c1-25-11-12-26(51(2,3)4)23-37(25)54-43(58)28-14-18-32-41-33(19-15-29(39(28)41)44(54)59)48(63)56(47(32)62)57-49(64)34-20-16-30-40-31(17-21-35(42(34)40)50(57)65)46(61)55(45(30)60)38-24-27(52(5,6)7)13-22-36(38)53(8,9)10/h11-22,24,26H,23H2,1-10H3. The lowest BCUT2D eigenvalue weighted by Gasteiger charge is -2.39. The molecule has 0 saturated heterocycles. The quantitative estimate of drug-likeness (QED) is 0.163. The summed E-state index contributed by atoms with van der Waals surface area (Å²) >= 11 is 0. The predicted molar refractivity (Wildman–Crippen MR) is 244 cm³/mol. The van der Waals surface area contributed by atoms with E-state index in [0.717, 1.165) is 16.7 Å². The van der Waals surface area contributed by atoms with Crippen LogP contribution in [0.15, 0.2) is 90.2 Å². The summed E-state index contributed by atoms with van der Waals surface area (Å²) in [6.07, 6.45) is 4.47. The number of carbonyl (C=O) groups excluding carboxylic acids is 8. The number of benzene rings is 5. The van der Waals surface area contributed by atoms with Crippen molar-refractivity contribution >= 4 is 74.5 Å². The molecule has 1 unspecified atom stereocenters. The van der Waals surface area contributed by atoms with Gasteiger partial charge in [0.25, 0.3) is 47.3 Å². The molecule has 4 aliphatic heterocycles. The molecule has 1 atom stereocenters. The largest absolute Gasteiger partial charge is 0.281 e. The molecule has 0 N–H and O–H groups in total. The number of hydrazine groups is 1. The first-order valence-corrected chi connectivity index (χ1v) is 21.7. The molecule has 5 aliphatic rings. The third kappa shape index (κ3) is 5.68. The minimum Gasteiger partial charge on any atom is -0.268 e. The molecule has 326 valence electrons. The molecule has 0 fully saturated rings. The summed E-state index contributed by atoms with van der Waals surface area (Å²) in [5.41, 5.74) is 2.71. The molecule has 0 bridgehead atoms. The number of imide groups is 4. The van der Waals surface area contributed by atoms with Crippen LogP contribution >= 0.6 is 0 Å². The van der Waals surface area contributed by atoms with E-state index in [2.05, 4.69) is 26.8 Å². The zero-order valence-corrected chi connectivity index (χ0v) is 37.8. The van der Waals surface area contributed by atoms with Crippen LogP contribution in [0.1, 0.15) is 170 Å². The van der Waals surface area contributed by atoms with Crippen LogP contribution in [0.3, 0.4) is 0 Å². The molecular formula is C53H46N4O8. The first kappa shape index (κ1) is 41.7. The van der Waals surface area contributed by atoms with Gasteiger partial charge in [-0.1, -0.05) is 86.6 Å². The zero-order chi connectivity index (χ0) is 46.7. The van der Waals surface area contributed by atoms with Crippen LogP contribution in [0.25, 0.3) is 21.5 Å². The Hall–Kier alpha value is -7.34. The average Bonchev–Trinajstić information content (AvgIpc) is 3.23. The van der Waals surface area contributed by atoms with Gasteiger partial charge in [0.1, 0.15) is 0 Å². The monoisotopic (exact) mass is 866 g/mol. The topological polar surface area (TPSA) is 150 Å². The van der Waals surface area contributed by atoms with Crippen LogP contribution < -0.4 is 4.90 Å². The lowest BCUT2D eigenvalue weighted by molar-refractivity contribution is 0.00211. The van der Waals surface area contributed by atoms with Gasteiger partial charge in [-0.2, -0.15) is 10.0 Å². The number of nitrogens with zero attached hydrogens (tertiary/aromatic N) is 4. The second-order valence-electron chi connectivity index (χ2n) is 20.8. The highest BCUT2D eigenvalue weighted by Gasteiger charge is 2.49. The maximum Gasteiger partial charge on any atom is 0.281 e. The average molecular weight is 867 g/mol. The second kappa shape index (κ2) is 13.4. The highest BCUT2D eigenvalue weighted by atomic mass is 16.2. The third-order valence-corrected chi connectivity index (χ3v) is 13.7. The summed E-state index contributed by atoms with van der Waals surface area (Å²) in [4.78, 5) is 119. The summed E-state index contributed by atoms with van der Waals surface area (Å²) < 4.78 is 0. The number of hydrogen-bond acceptors (Lipinski definition) is 8. The summed E-state index contributed by atoms with van der Waals surface area (Å²) in [5.74, 6) is -6.43. The first-order valence-electron chi connectivity index (χ1n) is 21.7. The van der Waals surface area contributed by atoms with Crippen molar-refractivity contribution in [3.8, 4) is 0 Å². The molecule has 0 aromatic heterocycles.